The highest BCUT2D eigenvalue weighted by atomic mass is 16.2. The van der Waals surface area contributed by atoms with Gasteiger partial charge in [0.2, 0.25) is 5.91 Å². The largest absolute Gasteiger partial charge is 0.384 e. The zero-order valence-corrected chi connectivity index (χ0v) is 16.6. The Balaban J connectivity index is 1.77. The number of anilines is 1. The Bertz CT molecular complexity index is 926. The molecule has 1 unspecified atom stereocenters. The molecule has 0 radical (unpaired) electrons. The molecular weight excluding hydrogens is 348 g/mol. The maximum atomic E-state index is 13.1. The highest BCUT2D eigenvalue weighted by Gasteiger charge is 2.23. The summed E-state index contributed by atoms with van der Waals surface area (Å²) in [4.78, 5) is 19.2. The van der Waals surface area contributed by atoms with Crippen LogP contribution < -0.4 is 11.1 Å². The minimum atomic E-state index is -0.372. The lowest BCUT2D eigenvalue weighted by Crippen LogP contribution is -2.39. The molecule has 3 N–H and O–H groups in total. The number of nitrogens with zero attached hydrogens (tertiary/aromatic N) is 2. The Morgan fingerprint density at radius 3 is 2.68 bits per heavy atom. The lowest BCUT2D eigenvalue weighted by atomic mass is 10.0. The van der Waals surface area contributed by atoms with Gasteiger partial charge in [-0.3, -0.25) is 10.1 Å². The van der Waals surface area contributed by atoms with Crippen LogP contribution >= 0.6 is 0 Å². The number of nitrogens with two attached hydrogens (primary N) is 1. The predicted octanol–water partition coefficient (Wildman–Crippen LogP) is 3.91. The Morgan fingerprint density at radius 2 is 1.93 bits per heavy atom. The van der Waals surface area contributed by atoms with Crippen LogP contribution in [0.1, 0.15) is 36.9 Å². The molecule has 1 atom stereocenters. The van der Waals surface area contributed by atoms with Crippen molar-refractivity contribution < 1.29 is 4.79 Å². The molecule has 3 aromatic rings. The summed E-state index contributed by atoms with van der Waals surface area (Å²) in [6, 6.07) is 19.4. The van der Waals surface area contributed by atoms with E-state index in [1.807, 2.05) is 60.5 Å². The van der Waals surface area contributed by atoms with Gasteiger partial charge in [0.15, 0.2) is 0 Å². The van der Waals surface area contributed by atoms with Crippen LogP contribution in [0.25, 0.3) is 10.9 Å². The van der Waals surface area contributed by atoms with E-state index in [2.05, 4.69) is 23.3 Å². The lowest BCUT2D eigenvalue weighted by molar-refractivity contribution is -0.132. The molecule has 5 heteroatoms. The number of aromatic nitrogens is 1. The number of amides is 1. The van der Waals surface area contributed by atoms with Gasteiger partial charge in [0, 0.05) is 25.5 Å². The number of carbonyl (C=O) groups excluding carboxylic acids is 1. The van der Waals surface area contributed by atoms with Gasteiger partial charge < -0.3 is 10.6 Å². The van der Waals surface area contributed by atoms with Gasteiger partial charge in [0.05, 0.1) is 5.52 Å². The maximum absolute atomic E-state index is 13.1. The number of rotatable bonds is 8. The van der Waals surface area contributed by atoms with Crippen LogP contribution in [-0.4, -0.2) is 29.4 Å². The van der Waals surface area contributed by atoms with Crippen LogP contribution in [0.4, 0.5) is 5.82 Å². The molecule has 0 aliphatic heterocycles. The van der Waals surface area contributed by atoms with Gasteiger partial charge in [-0.05, 0) is 41.8 Å². The van der Waals surface area contributed by atoms with Crippen LogP contribution in [0.15, 0.2) is 60.7 Å². The van der Waals surface area contributed by atoms with Crippen LogP contribution in [0.3, 0.4) is 0 Å². The number of benzene rings is 2. The summed E-state index contributed by atoms with van der Waals surface area (Å²) in [5.41, 5.74) is 8.71. The first kappa shape index (κ1) is 19.8. The third kappa shape index (κ3) is 4.87. The van der Waals surface area contributed by atoms with Gasteiger partial charge in [-0.25, -0.2) is 4.98 Å². The van der Waals surface area contributed by atoms with E-state index in [4.69, 9.17) is 5.73 Å². The van der Waals surface area contributed by atoms with E-state index in [1.54, 1.807) is 6.07 Å². The van der Waals surface area contributed by atoms with E-state index in [9.17, 15) is 4.79 Å². The molecule has 0 bridgehead atoms. The van der Waals surface area contributed by atoms with Crippen LogP contribution in [-0.2, 0) is 11.3 Å². The van der Waals surface area contributed by atoms with Gasteiger partial charge >= 0.3 is 0 Å². The van der Waals surface area contributed by atoms with Gasteiger partial charge in [0.1, 0.15) is 11.9 Å². The molecule has 146 valence electrons. The summed E-state index contributed by atoms with van der Waals surface area (Å²) >= 11 is 0. The Morgan fingerprint density at radius 1 is 1.14 bits per heavy atom. The fourth-order valence-corrected chi connectivity index (χ4v) is 3.24. The van der Waals surface area contributed by atoms with Crippen molar-refractivity contribution in [1.82, 2.24) is 15.2 Å². The molecule has 0 fully saturated rings. The molecule has 0 spiro atoms. The second-order valence-electron chi connectivity index (χ2n) is 7.10. The number of pyridine rings is 1. The third-order valence-electron chi connectivity index (χ3n) is 4.89. The molecule has 0 saturated heterocycles. The molecule has 2 aromatic carbocycles. The van der Waals surface area contributed by atoms with Crippen molar-refractivity contribution in [3.63, 3.8) is 0 Å². The second-order valence-corrected chi connectivity index (χ2v) is 7.10. The first-order valence-corrected chi connectivity index (χ1v) is 9.77. The van der Waals surface area contributed by atoms with Crippen molar-refractivity contribution in [2.75, 3.05) is 19.3 Å². The van der Waals surface area contributed by atoms with Gasteiger partial charge in [-0.15, -0.1) is 0 Å². The quantitative estimate of drug-likeness (QED) is 0.625. The summed E-state index contributed by atoms with van der Waals surface area (Å²) < 4.78 is 0. The van der Waals surface area contributed by atoms with Crippen molar-refractivity contribution in [2.45, 2.75) is 32.4 Å². The molecule has 0 aliphatic rings. The highest BCUT2D eigenvalue weighted by molar-refractivity contribution is 5.83. The smallest absolute Gasteiger partial charge is 0.244 e. The van der Waals surface area contributed by atoms with Gasteiger partial charge in [-0.1, -0.05) is 49.7 Å². The van der Waals surface area contributed by atoms with Crippen LogP contribution in [0.5, 0.6) is 0 Å². The first-order valence-electron chi connectivity index (χ1n) is 9.77. The van der Waals surface area contributed by atoms with Crippen molar-refractivity contribution in [3.05, 3.63) is 71.8 Å². The van der Waals surface area contributed by atoms with E-state index in [-0.39, 0.29) is 11.9 Å². The van der Waals surface area contributed by atoms with E-state index in [0.29, 0.717) is 12.4 Å². The summed E-state index contributed by atoms with van der Waals surface area (Å²) in [6.45, 7) is 3.49. The Hall–Kier alpha value is -2.92. The van der Waals surface area contributed by atoms with Crippen molar-refractivity contribution in [3.8, 4) is 0 Å². The topological polar surface area (TPSA) is 71.2 Å². The first-order chi connectivity index (χ1) is 13.6. The predicted molar refractivity (Wildman–Crippen MR) is 115 cm³/mol. The van der Waals surface area contributed by atoms with E-state index >= 15 is 0 Å². The number of carbonyl (C=O) groups is 1. The normalized spacial score (nSPS) is 12.1. The number of hydrogen-bond donors (Lipinski definition) is 2. The van der Waals surface area contributed by atoms with Crippen molar-refractivity contribution in [1.29, 1.82) is 0 Å². The summed E-state index contributed by atoms with van der Waals surface area (Å²) in [6.07, 6.45) is 2.07. The molecular formula is C23H28N4O. The summed E-state index contributed by atoms with van der Waals surface area (Å²) in [5.74, 6) is 0.609. The average Bonchev–Trinajstić information content (AvgIpc) is 2.72. The summed E-state index contributed by atoms with van der Waals surface area (Å²) in [7, 11) is 1.88. The minimum absolute atomic E-state index is 0.0925. The van der Waals surface area contributed by atoms with E-state index < -0.39 is 0 Å². The number of nitrogens with one attached hydrogen (secondary N) is 1. The molecule has 0 aliphatic carbocycles. The Labute approximate surface area is 166 Å². The number of unbranched alkanes of at least 4 members (excludes halogenated alkanes) is 1. The number of nitrogen functional groups attached to an aromatic ring is 1. The molecule has 0 saturated carbocycles. The zero-order valence-electron chi connectivity index (χ0n) is 16.6. The van der Waals surface area contributed by atoms with Gasteiger partial charge in [0.25, 0.3) is 0 Å². The van der Waals surface area contributed by atoms with Gasteiger partial charge in [-0.2, -0.15) is 0 Å². The fraction of sp³-hybridized carbons (Fsp3) is 0.304. The molecule has 1 aromatic heterocycles. The molecule has 3 rings (SSSR count). The van der Waals surface area contributed by atoms with Crippen molar-refractivity contribution >= 4 is 22.6 Å². The molecule has 5 nitrogen and oxygen atoms in total. The minimum Gasteiger partial charge on any atom is -0.384 e. The van der Waals surface area contributed by atoms with Crippen LogP contribution in [0.2, 0.25) is 0 Å². The SMILES string of the molecule is CCCCN(C)C(=O)C(NCc1ccc2nc(N)ccc2c1)c1ccccc1. The molecule has 1 heterocycles. The second kappa shape index (κ2) is 9.33. The summed E-state index contributed by atoms with van der Waals surface area (Å²) in [5, 5.41) is 4.49. The zero-order chi connectivity index (χ0) is 19.9. The fourth-order valence-electron chi connectivity index (χ4n) is 3.24. The van der Waals surface area contributed by atoms with E-state index in [1.165, 1.54) is 0 Å². The third-order valence-corrected chi connectivity index (χ3v) is 4.89. The number of fused-ring (bicyclic) bond motifs is 1. The number of hydrogen-bond acceptors (Lipinski definition) is 4. The van der Waals surface area contributed by atoms with E-state index in [0.717, 1.165) is 41.4 Å². The van der Waals surface area contributed by atoms with Crippen LogP contribution in [0, 0.1) is 0 Å². The maximum Gasteiger partial charge on any atom is 0.244 e. The monoisotopic (exact) mass is 376 g/mol. The average molecular weight is 377 g/mol. The lowest BCUT2D eigenvalue weighted by Gasteiger charge is -2.25. The number of likely N-dealkylation sites (N-methyl/N-ethyl adjacent to an activating group) is 1. The molecule has 1 amide bonds. The molecule has 28 heavy (non-hydrogen) atoms. The van der Waals surface area contributed by atoms with Crippen molar-refractivity contribution in [2.24, 2.45) is 0 Å². The Kier molecular flexibility index (Phi) is 6.61. The highest BCUT2D eigenvalue weighted by Crippen LogP contribution is 2.19. The standard InChI is InChI=1S/C23H28N4O/c1-3-4-14-27(2)23(28)22(18-8-6-5-7-9-18)25-16-17-10-12-20-19(15-17)11-13-21(24)26-20/h5-13,15,22,25H,3-4,14,16H2,1-2H3,(H2,24,26).